The number of amides is 1. The van der Waals surface area contributed by atoms with Crippen molar-refractivity contribution in [3.63, 3.8) is 0 Å². The molecule has 1 aliphatic rings. The van der Waals surface area contributed by atoms with Gasteiger partial charge in [0.15, 0.2) is 0 Å². The number of hydrogen-bond acceptors (Lipinski definition) is 3. The molecule has 1 saturated heterocycles. The quantitative estimate of drug-likeness (QED) is 0.515. The van der Waals surface area contributed by atoms with Gasteiger partial charge in [0.25, 0.3) is 0 Å². The molecule has 0 aliphatic carbocycles. The van der Waals surface area contributed by atoms with Crippen LogP contribution in [-0.4, -0.2) is 25.0 Å². The summed E-state index contributed by atoms with van der Waals surface area (Å²) in [5.41, 5.74) is 0. The van der Waals surface area contributed by atoms with Gasteiger partial charge in [-0.3, -0.25) is 4.79 Å². The second-order valence-electron chi connectivity index (χ2n) is 2.18. The topological polar surface area (TPSA) is 55.4 Å². The molecule has 58 valence electrons. The van der Waals surface area contributed by atoms with Crippen LogP contribution in [0.3, 0.4) is 0 Å². The zero-order valence-corrected chi connectivity index (χ0v) is 5.72. The lowest BCUT2D eigenvalue weighted by atomic mass is 10.2. The lowest BCUT2D eigenvalue weighted by molar-refractivity contribution is -0.143. The van der Waals surface area contributed by atoms with Crippen LogP contribution >= 0.6 is 0 Å². The predicted molar refractivity (Wildman–Crippen MR) is 35.3 cm³/mol. The molecule has 1 unspecified atom stereocenters. The summed E-state index contributed by atoms with van der Waals surface area (Å²) in [6, 6.07) is -0.405. The van der Waals surface area contributed by atoms with E-state index in [9.17, 15) is 9.59 Å². The van der Waals surface area contributed by atoms with Gasteiger partial charge in [0.2, 0.25) is 5.91 Å². The molecule has 0 aromatic heterocycles. The molecule has 4 nitrogen and oxygen atoms in total. The van der Waals surface area contributed by atoms with Crippen LogP contribution in [0.2, 0.25) is 0 Å². The summed E-state index contributed by atoms with van der Waals surface area (Å²) in [6.45, 7) is 0. The van der Waals surface area contributed by atoms with E-state index >= 15 is 0 Å². The van der Waals surface area contributed by atoms with Crippen molar-refractivity contribution < 1.29 is 15.8 Å². The minimum atomic E-state index is -0.405. The number of esters is 1. The highest BCUT2D eigenvalue weighted by Crippen LogP contribution is 2.06. The third-order valence-electron chi connectivity index (χ3n) is 1.48. The average molecular weight is 145 g/mol. The van der Waals surface area contributed by atoms with Crippen molar-refractivity contribution in [3.8, 4) is 0 Å². The smallest absolute Gasteiger partial charge is 0.328 e. The van der Waals surface area contributed by atoms with Gasteiger partial charge < -0.3 is 10.1 Å². The summed E-state index contributed by atoms with van der Waals surface area (Å²) >= 11 is 0. The molecule has 1 fully saturated rings. The minimum Gasteiger partial charge on any atom is -0.467 e. The van der Waals surface area contributed by atoms with Crippen LogP contribution in [-0.2, 0) is 14.3 Å². The maximum absolute atomic E-state index is 10.7. The fourth-order valence-corrected chi connectivity index (χ4v) is 0.933. The van der Waals surface area contributed by atoms with Gasteiger partial charge in [-0.05, 0) is 6.42 Å². The molecule has 4 heteroatoms. The van der Waals surface area contributed by atoms with Gasteiger partial charge in [-0.15, -0.1) is 0 Å². The molecule has 0 aromatic carbocycles. The van der Waals surface area contributed by atoms with E-state index in [1.54, 1.807) is 0 Å². The highest BCUT2D eigenvalue weighted by Gasteiger charge is 2.27. The van der Waals surface area contributed by atoms with Crippen LogP contribution < -0.4 is 5.32 Å². The largest absolute Gasteiger partial charge is 0.467 e. The molecule has 1 atom stereocenters. The van der Waals surface area contributed by atoms with Crippen LogP contribution in [0.5, 0.6) is 0 Å². The molecule has 1 amide bonds. The van der Waals surface area contributed by atoms with Crippen molar-refractivity contribution in [2.45, 2.75) is 18.9 Å². The van der Waals surface area contributed by atoms with Crippen LogP contribution in [0.4, 0.5) is 0 Å². The Balaban J connectivity index is 0.000001000. The fourth-order valence-electron chi connectivity index (χ4n) is 0.933. The van der Waals surface area contributed by atoms with Gasteiger partial charge in [-0.1, -0.05) is 0 Å². The molecule has 0 aromatic rings. The average Bonchev–Trinajstić information content (AvgIpc) is 2.34. The first-order valence-electron chi connectivity index (χ1n) is 3.11. The zero-order chi connectivity index (χ0) is 7.56. The molecular formula is C6H11NO3. The second-order valence-corrected chi connectivity index (χ2v) is 2.18. The monoisotopic (exact) mass is 145 g/mol. The Hall–Kier alpha value is -1.06. The molecule has 1 rings (SSSR count). The maximum atomic E-state index is 10.7. The number of carbonyl (C=O) groups is 2. The summed E-state index contributed by atoms with van der Waals surface area (Å²) in [7, 11) is 1.31. The molecule has 0 bridgehead atoms. The number of nitrogens with one attached hydrogen (secondary N) is 1. The number of carbonyl (C=O) groups excluding carboxylic acids is 2. The van der Waals surface area contributed by atoms with E-state index in [0.29, 0.717) is 12.8 Å². The summed E-state index contributed by atoms with van der Waals surface area (Å²) < 4.78 is 4.43. The van der Waals surface area contributed by atoms with Gasteiger partial charge in [-0.25, -0.2) is 4.79 Å². The molecule has 1 heterocycles. The van der Waals surface area contributed by atoms with Crippen molar-refractivity contribution in [1.29, 1.82) is 0 Å². The molecule has 0 radical (unpaired) electrons. The molecule has 1 N–H and O–H groups in total. The van der Waals surface area contributed by atoms with Crippen molar-refractivity contribution in [2.24, 2.45) is 0 Å². The Morgan fingerprint density at radius 1 is 1.90 bits per heavy atom. The zero-order valence-electron chi connectivity index (χ0n) is 5.72. The normalized spacial score (nSPS) is 24.1. The lowest BCUT2D eigenvalue weighted by Gasteiger charge is -2.04. The van der Waals surface area contributed by atoms with Crippen molar-refractivity contribution in [3.05, 3.63) is 0 Å². The Labute approximate surface area is 60.0 Å². The highest BCUT2D eigenvalue weighted by molar-refractivity contribution is 5.87. The van der Waals surface area contributed by atoms with E-state index in [4.69, 9.17) is 0 Å². The number of ether oxygens (including phenoxy) is 1. The number of rotatable bonds is 1. The highest BCUT2D eigenvalue weighted by atomic mass is 16.5. The van der Waals surface area contributed by atoms with Crippen molar-refractivity contribution >= 4 is 11.9 Å². The van der Waals surface area contributed by atoms with E-state index in [-0.39, 0.29) is 13.3 Å². The third kappa shape index (κ3) is 1.26. The molecule has 1 aliphatic heterocycles. The molecular weight excluding hydrogens is 134 g/mol. The van der Waals surface area contributed by atoms with Gasteiger partial charge in [0.05, 0.1) is 7.11 Å². The van der Waals surface area contributed by atoms with E-state index in [1.807, 2.05) is 0 Å². The van der Waals surface area contributed by atoms with E-state index < -0.39 is 6.04 Å². The number of methoxy groups -OCH3 is 1. The van der Waals surface area contributed by atoms with E-state index in [0.717, 1.165) is 0 Å². The molecule has 10 heavy (non-hydrogen) atoms. The maximum Gasteiger partial charge on any atom is 0.328 e. The van der Waals surface area contributed by atoms with Crippen molar-refractivity contribution in [1.82, 2.24) is 5.32 Å². The standard InChI is InChI=1S/C6H9NO3.H2/c1-10-6(9)4-2-3-5(8)7-4;/h4H,2-3H2,1H3,(H,7,8);1H. The summed E-state index contributed by atoms with van der Waals surface area (Å²) in [6.07, 6.45) is 0.991. The van der Waals surface area contributed by atoms with E-state index in [2.05, 4.69) is 10.1 Å². The lowest BCUT2D eigenvalue weighted by Crippen LogP contribution is -2.33. The second kappa shape index (κ2) is 2.68. The first-order valence-corrected chi connectivity index (χ1v) is 3.11. The first-order chi connectivity index (χ1) is 4.74. The van der Waals surface area contributed by atoms with Gasteiger partial charge >= 0.3 is 5.97 Å². The predicted octanol–water partition coefficient (Wildman–Crippen LogP) is -0.316. The SMILES string of the molecule is COC(=O)C1CCC(=O)N1.[HH]. The van der Waals surface area contributed by atoms with Crippen LogP contribution in [0.15, 0.2) is 0 Å². The Morgan fingerprint density at radius 3 is 3.00 bits per heavy atom. The van der Waals surface area contributed by atoms with E-state index in [1.165, 1.54) is 7.11 Å². The van der Waals surface area contributed by atoms with Gasteiger partial charge in [-0.2, -0.15) is 0 Å². The Bertz CT molecular complexity index is 171. The fraction of sp³-hybridized carbons (Fsp3) is 0.667. The third-order valence-corrected chi connectivity index (χ3v) is 1.48. The van der Waals surface area contributed by atoms with Gasteiger partial charge in [0.1, 0.15) is 6.04 Å². The summed E-state index contributed by atoms with van der Waals surface area (Å²) in [5.74, 6) is -0.429. The Morgan fingerprint density at radius 2 is 2.60 bits per heavy atom. The van der Waals surface area contributed by atoms with Crippen LogP contribution in [0.25, 0.3) is 0 Å². The van der Waals surface area contributed by atoms with Crippen LogP contribution in [0, 0.1) is 0 Å². The van der Waals surface area contributed by atoms with Crippen LogP contribution in [0.1, 0.15) is 14.3 Å². The Kier molecular flexibility index (Phi) is 1.89. The van der Waals surface area contributed by atoms with Gasteiger partial charge in [0, 0.05) is 7.85 Å². The summed E-state index contributed by atoms with van der Waals surface area (Å²) in [5, 5.41) is 2.49. The minimum absolute atomic E-state index is 0. The summed E-state index contributed by atoms with van der Waals surface area (Å²) in [4.78, 5) is 21.3. The molecule has 0 spiro atoms. The first kappa shape index (κ1) is 7.05. The van der Waals surface area contributed by atoms with Crippen molar-refractivity contribution in [2.75, 3.05) is 7.11 Å². The number of hydrogen-bond donors (Lipinski definition) is 1. The molecule has 0 saturated carbocycles.